The van der Waals surface area contributed by atoms with Crippen LogP contribution in [0.5, 0.6) is 0 Å². The number of amides is 2. The van der Waals surface area contributed by atoms with Crippen molar-refractivity contribution in [3.8, 4) is 0 Å². The second kappa shape index (κ2) is 10.1. The van der Waals surface area contributed by atoms with Gasteiger partial charge in [0.2, 0.25) is 5.91 Å². The monoisotopic (exact) mass is 418 g/mol. The Morgan fingerprint density at radius 2 is 1.57 bits per heavy atom. The first kappa shape index (κ1) is 21.7. The van der Waals surface area contributed by atoms with Crippen molar-refractivity contribution in [1.82, 2.24) is 0 Å². The molecule has 0 saturated carbocycles. The van der Waals surface area contributed by atoms with Gasteiger partial charge in [0.15, 0.2) is 0 Å². The van der Waals surface area contributed by atoms with Crippen LogP contribution in [0.4, 0.5) is 11.4 Å². The van der Waals surface area contributed by atoms with Crippen molar-refractivity contribution < 1.29 is 9.59 Å². The molecule has 0 spiro atoms. The highest BCUT2D eigenvalue weighted by atomic mass is 32.2. The van der Waals surface area contributed by atoms with Gasteiger partial charge in [-0.2, -0.15) is 0 Å². The predicted molar refractivity (Wildman–Crippen MR) is 125 cm³/mol. The highest BCUT2D eigenvalue weighted by Gasteiger charge is 2.10. The average molecular weight is 419 g/mol. The minimum atomic E-state index is -0.139. The standard InChI is InChI=1S/C25H26N2O2S/c1-4-19-7-5-6-18(3)24(19)27-23(28)16-30-22-14-12-21(13-15-22)26-25(29)20-10-8-17(2)9-11-20/h5-15H,4,16H2,1-3H3,(H,26,29)(H,27,28). The smallest absolute Gasteiger partial charge is 0.255 e. The second-order valence-corrected chi connectivity index (χ2v) is 8.19. The summed E-state index contributed by atoms with van der Waals surface area (Å²) >= 11 is 1.47. The third-order valence-corrected chi connectivity index (χ3v) is 5.81. The first-order valence-electron chi connectivity index (χ1n) is 9.95. The molecule has 0 aliphatic rings. The minimum absolute atomic E-state index is 0.0271. The zero-order valence-corrected chi connectivity index (χ0v) is 18.3. The summed E-state index contributed by atoms with van der Waals surface area (Å²) in [5, 5.41) is 5.94. The first-order chi connectivity index (χ1) is 14.5. The lowest BCUT2D eigenvalue weighted by atomic mass is 10.1. The fraction of sp³-hybridized carbons (Fsp3) is 0.200. The third kappa shape index (κ3) is 5.74. The molecule has 0 unspecified atom stereocenters. The van der Waals surface area contributed by atoms with Crippen LogP contribution in [0.2, 0.25) is 0 Å². The number of carbonyl (C=O) groups is 2. The van der Waals surface area contributed by atoms with Gasteiger partial charge in [-0.15, -0.1) is 11.8 Å². The maximum atomic E-state index is 12.4. The van der Waals surface area contributed by atoms with Crippen molar-refractivity contribution in [1.29, 1.82) is 0 Å². The molecule has 0 bridgehead atoms. The Morgan fingerprint density at radius 1 is 0.867 bits per heavy atom. The SMILES string of the molecule is CCc1cccc(C)c1NC(=O)CSc1ccc(NC(=O)c2ccc(C)cc2)cc1. The molecule has 2 N–H and O–H groups in total. The van der Waals surface area contributed by atoms with Crippen LogP contribution in [0.3, 0.4) is 0 Å². The summed E-state index contributed by atoms with van der Waals surface area (Å²) in [7, 11) is 0. The third-order valence-electron chi connectivity index (χ3n) is 4.80. The molecule has 3 rings (SSSR count). The number of hydrogen-bond donors (Lipinski definition) is 2. The van der Waals surface area contributed by atoms with Crippen LogP contribution in [0.1, 0.15) is 34.0 Å². The second-order valence-electron chi connectivity index (χ2n) is 7.14. The molecule has 0 radical (unpaired) electrons. The molecule has 0 atom stereocenters. The number of carbonyl (C=O) groups excluding carboxylic acids is 2. The molecule has 0 aliphatic carbocycles. The van der Waals surface area contributed by atoms with Gasteiger partial charge in [-0.05, 0) is 67.8 Å². The van der Waals surface area contributed by atoms with E-state index in [1.165, 1.54) is 11.8 Å². The van der Waals surface area contributed by atoms with Crippen LogP contribution >= 0.6 is 11.8 Å². The molecule has 0 saturated heterocycles. The Balaban J connectivity index is 1.54. The van der Waals surface area contributed by atoms with Gasteiger partial charge in [0.05, 0.1) is 5.75 Å². The Labute approximate surface area is 182 Å². The van der Waals surface area contributed by atoms with Crippen LogP contribution in [-0.2, 0) is 11.2 Å². The van der Waals surface area contributed by atoms with E-state index >= 15 is 0 Å². The van der Waals surface area contributed by atoms with Crippen molar-refractivity contribution in [2.24, 2.45) is 0 Å². The molecule has 0 fully saturated rings. The van der Waals surface area contributed by atoms with E-state index in [1.807, 2.05) is 80.6 Å². The van der Waals surface area contributed by atoms with Gasteiger partial charge in [-0.25, -0.2) is 0 Å². The van der Waals surface area contributed by atoms with Crippen LogP contribution in [0, 0.1) is 13.8 Å². The van der Waals surface area contributed by atoms with Gasteiger partial charge < -0.3 is 10.6 Å². The molecule has 2 amide bonds. The van der Waals surface area contributed by atoms with Gasteiger partial charge in [0, 0.05) is 21.8 Å². The number of rotatable bonds is 7. The molecule has 0 aliphatic heterocycles. The molecule has 154 valence electrons. The summed E-state index contributed by atoms with van der Waals surface area (Å²) in [5.41, 5.74) is 5.59. The quantitative estimate of drug-likeness (QED) is 0.473. The van der Waals surface area contributed by atoms with E-state index in [0.29, 0.717) is 11.3 Å². The number of aryl methyl sites for hydroxylation is 3. The number of para-hydroxylation sites is 1. The zero-order chi connectivity index (χ0) is 21.5. The molecule has 5 heteroatoms. The van der Waals surface area contributed by atoms with Crippen molar-refractivity contribution in [3.63, 3.8) is 0 Å². The van der Waals surface area contributed by atoms with Gasteiger partial charge in [0.25, 0.3) is 5.91 Å². The van der Waals surface area contributed by atoms with Gasteiger partial charge in [0.1, 0.15) is 0 Å². The molecule has 3 aromatic rings. The Morgan fingerprint density at radius 3 is 2.23 bits per heavy atom. The summed E-state index contributed by atoms with van der Waals surface area (Å²) in [4.78, 5) is 25.7. The van der Waals surface area contributed by atoms with E-state index in [9.17, 15) is 9.59 Å². The lowest BCUT2D eigenvalue weighted by Gasteiger charge is -2.13. The van der Waals surface area contributed by atoms with Crippen LogP contribution < -0.4 is 10.6 Å². The topological polar surface area (TPSA) is 58.2 Å². The average Bonchev–Trinajstić information content (AvgIpc) is 2.75. The summed E-state index contributed by atoms with van der Waals surface area (Å²) in [5.74, 6) is 0.160. The molecule has 0 aromatic heterocycles. The number of anilines is 2. The van der Waals surface area contributed by atoms with Crippen molar-refractivity contribution in [2.45, 2.75) is 32.1 Å². The molecule has 0 heterocycles. The number of hydrogen-bond acceptors (Lipinski definition) is 3. The summed E-state index contributed by atoms with van der Waals surface area (Å²) in [6, 6.07) is 21.0. The van der Waals surface area contributed by atoms with E-state index in [4.69, 9.17) is 0 Å². The van der Waals surface area contributed by atoms with Crippen LogP contribution in [0.15, 0.2) is 71.6 Å². The maximum absolute atomic E-state index is 12.4. The van der Waals surface area contributed by atoms with E-state index in [-0.39, 0.29) is 11.8 Å². The summed E-state index contributed by atoms with van der Waals surface area (Å²) in [6.45, 7) is 6.08. The maximum Gasteiger partial charge on any atom is 0.255 e. The lowest BCUT2D eigenvalue weighted by Crippen LogP contribution is -2.16. The van der Waals surface area contributed by atoms with Crippen molar-refractivity contribution in [2.75, 3.05) is 16.4 Å². The van der Waals surface area contributed by atoms with Gasteiger partial charge >= 0.3 is 0 Å². The Hall–Kier alpha value is -3.05. The zero-order valence-electron chi connectivity index (χ0n) is 17.5. The lowest BCUT2D eigenvalue weighted by molar-refractivity contribution is -0.113. The Bertz CT molecular complexity index is 1030. The molecular formula is C25H26N2O2S. The number of thioether (sulfide) groups is 1. The van der Waals surface area contributed by atoms with Gasteiger partial charge in [-0.1, -0.05) is 42.8 Å². The van der Waals surface area contributed by atoms with E-state index in [0.717, 1.165) is 39.4 Å². The van der Waals surface area contributed by atoms with E-state index in [1.54, 1.807) is 0 Å². The number of benzene rings is 3. The minimum Gasteiger partial charge on any atom is -0.325 e. The fourth-order valence-electron chi connectivity index (χ4n) is 3.07. The van der Waals surface area contributed by atoms with Crippen LogP contribution in [-0.4, -0.2) is 17.6 Å². The fourth-order valence-corrected chi connectivity index (χ4v) is 3.77. The summed E-state index contributed by atoms with van der Waals surface area (Å²) in [6.07, 6.45) is 0.875. The molecule has 3 aromatic carbocycles. The first-order valence-corrected chi connectivity index (χ1v) is 10.9. The largest absolute Gasteiger partial charge is 0.325 e. The highest BCUT2D eigenvalue weighted by Crippen LogP contribution is 2.24. The summed E-state index contributed by atoms with van der Waals surface area (Å²) < 4.78 is 0. The Kier molecular flexibility index (Phi) is 7.31. The molecular weight excluding hydrogens is 392 g/mol. The van der Waals surface area contributed by atoms with E-state index < -0.39 is 0 Å². The molecule has 30 heavy (non-hydrogen) atoms. The normalized spacial score (nSPS) is 10.5. The number of nitrogens with one attached hydrogen (secondary N) is 2. The van der Waals surface area contributed by atoms with Crippen molar-refractivity contribution in [3.05, 3.63) is 89.0 Å². The van der Waals surface area contributed by atoms with Gasteiger partial charge in [-0.3, -0.25) is 9.59 Å². The molecule has 4 nitrogen and oxygen atoms in total. The highest BCUT2D eigenvalue weighted by molar-refractivity contribution is 8.00. The van der Waals surface area contributed by atoms with Crippen LogP contribution in [0.25, 0.3) is 0 Å². The van der Waals surface area contributed by atoms with E-state index in [2.05, 4.69) is 17.6 Å². The van der Waals surface area contributed by atoms with Crippen molar-refractivity contribution >= 4 is 35.0 Å². The predicted octanol–water partition coefficient (Wildman–Crippen LogP) is 5.85.